The zero-order chi connectivity index (χ0) is 20.5. The summed E-state index contributed by atoms with van der Waals surface area (Å²) in [5, 5.41) is 0. The molecule has 3 heterocycles. The molecule has 1 aliphatic rings. The number of benzene rings is 1. The Balaban J connectivity index is 1.60. The van der Waals surface area contributed by atoms with Gasteiger partial charge in [-0.3, -0.25) is 14.5 Å². The Morgan fingerprint density at radius 2 is 1.79 bits per heavy atom. The van der Waals surface area contributed by atoms with Gasteiger partial charge in [-0.1, -0.05) is 12.1 Å². The average molecular weight is 392 g/mol. The monoisotopic (exact) mass is 392 g/mol. The van der Waals surface area contributed by atoms with Gasteiger partial charge in [0.25, 0.3) is 0 Å². The summed E-state index contributed by atoms with van der Waals surface area (Å²) in [5.41, 5.74) is 2.16. The molecule has 4 rings (SSSR count). The van der Waals surface area contributed by atoms with Crippen molar-refractivity contribution in [2.75, 3.05) is 29.9 Å². The highest BCUT2D eigenvalue weighted by atomic mass is 16.3. The number of fused-ring (bicyclic) bond motifs is 2. The van der Waals surface area contributed by atoms with Crippen LogP contribution < -0.4 is 9.80 Å². The van der Waals surface area contributed by atoms with Crippen LogP contribution in [0.4, 0.5) is 11.6 Å². The molecule has 0 saturated carbocycles. The van der Waals surface area contributed by atoms with Gasteiger partial charge in [0.1, 0.15) is 11.5 Å². The zero-order valence-electron chi connectivity index (χ0n) is 16.9. The van der Waals surface area contributed by atoms with Crippen molar-refractivity contribution >= 4 is 34.4 Å². The number of amides is 1. The van der Waals surface area contributed by atoms with E-state index in [0.29, 0.717) is 35.9 Å². The number of hydrogen-bond donors (Lipinski definition) is 0. The van der Waals surface area contributed by atoms with Gasteiger partial charge in [0.2, 0.25) is 5.91 Å². The SMILES string of the molecule is CC(=O)c1cc(CCC(=O)N2CCCN(C)c3nc4ccccc4nc32)oc1C. The number of nitrogens with zero attached hydrogens (tertiary/aromatic N) is 4. The van der Waals surface area contributed by atoms with E-state index >= 15 is 0 Å². The number of aryl methyl sites for hydroxylation is 2. The quantitative estimate of drug-likeness (QED) is 0.632. The lowest BCUT2D eigenvalue weighted by molar-refractivity contribution is -0.118. The number of anilines is 2. The number of aromatic nitrogens is 2. The number of para-hydroxylation sites is 2. The van der Waals surface area contributed by atoms with E-state index in [4.69, 9.17) is 14.4 Å². The Labute approximate surface area is 169 Å². The van der Waals surface area contributed by atoms with E-state index in [9.17, 15) is 9.59 Å². The first-order chi connectivity index (χ1) is 13.9. The molecular weight excluding hydrogens is 368 g/mol. The number of ketones is 1. The fourth-order valence-electron chi connectivity index (χ4n) is 3.72. The van der Waals surface area contributed by atoms with E-state index in [1.165, 1.54) is 6.92 Å². The molecule has 150 valence electrons. The van der Waals surface area contributed by atoms with Crippen molar-refractivity contribution in [3.63, 3.8) is 0 Å². The minimum atomic E-state index is -0.0320. The molecule has 3 aromatic rings. The smallest absolute Gasteiger partial charge is 0.228 e. The lowest BCUT2D eigenvalue weighted by Gasteiger charge is -2.22. The molecule has 1 aliphatic heterocycles. The van der Waals surface area contributed by atoms with Crippen LogP contribution in [0.5, 0.6) is 0 Å². The number of furan rings is 1. The largest absolute Gasteiger partial charge is 0.466 e. The third kappa shape index (κ3) is 3.72. The van der Waals surface area contributed by atoms with Gasteiger partial charge < -0.3 is 9.32 Å². The Morgan fingerprint density at radius 3 is 2.45 bits per heavy atom. The molecule has 29 heavy (non-hydrogen) atoms. The normalized spacial score (nSPS) is 14.0. The standard InChI is InChI=1S/C22H24N4O3/c1-14(27)17-13-16(29-15(17)2)9-10-20(28)26-12-6-11-25(3)21-22(26)24-19-8-5-4-7-18(19)23-21/h4-5,7-8,13H,6,9-12H2,1-3H3. The molecule has 0 bridgehead atoms. The fourth-order valence-corrected chi connectivity index (χ4v) is 3.72. The molecule has 7 heteroatoms. The molecule has 1 amide bonds. The Kier molecular flexibility index (Phi) is 5.05. The van der Waals surface area contributed by atoms with Gasteiger partial charge in [0.15, 0.2) is 17.4 Å². The summed E-state index contributed by atoms with van der Waals surface area (Å²) >= 11 is 0. The average Bonchev–Trinajstić information content (AvgIpc) is 3.01. The van der Waals surface area contributed by atoms with Crippen LogP contribution in [0, 0.1) is 6.92 Å². The van der Waals surface area contributed by atoms with Crippen molar-refractivity contribution in [1.29, 1.82) is 0 Å². The minimum absolute atomic E-state index is 0.0236. The van der Waals surface area contributed by atoms with Crippen LogP contribution in [0.25, 0.3) is 11.0 Å². The predicted octanol–water partition coefficient (Wildman–Crippen LogP) is 3.54. The van der Waals surface area contributed by atoms with Crippen LogP contribution in [-0.2, 0) is 11.2 Å². The van der Waals surface area contributed by atoms with Crippen LogP contribution in [0.15, 0.2) is 34.7 Å². The predicted molar refractivity (Wildman–Crippen MR) is 112 cm³/mol. The van der Waals surface area contributed by atoms with Crippen molar-refractivity contribution in [1.82, 2.24) is 9.97 Å². The van der Waals surface area contributed by atoms with Crippen LogP contribution in [0.3, 0.4) is 0 Å². The van der Waals surface area contributed by atoms with Crippen LogP contribution in [-0.4, -0.2) is 41.8 Å². The van der Waals surface area contributed by atoms with Gasteiger partial charge in [0, 0.05) is 33.0 Å². The van der Waals surface area contributed by atoms with Gasteiger partial charge >= 0.3 is 0 Å². The second-order valence-corrected chi connectivity index (χ2v) is 7.42. The van der Waals surface area contributed by atoms with Gasteiger partial charge in [0.05, 0.1) is 16.6 Å². The van der Waals surface area contributed by atoms with Crippen molar-refractivity contribution < 1.29 is 14.0 Å². The Morgan fingerprint density at radius 1 is 1.10 bits per heavy atom. The van der Waals surface area contributed by atoms with Gasteiger partial charge in [-0.25, -0.2) is 9.97 Å². The van der Waals surface area contributed by atoms with Crippen LogP contribution >= 0.6 is 0 Å². The summed E-state index contributed by atoms with van der Waals surface area (Å²) in [5.74, 6) is 2.52. The van der Waals surface area contributed by atoms with Gasteiger partial charge in [-0.05, 0) is 38.5 Å². The van der Waals surface area contributed by atoms with Crippen molar-refractivity contribution in [3.8, 4) is 0 Å². The molecule has 7 nitrogen and oxygen atoms in total. The maximum Gasteiger partial charge on any atom is 0.228 e. The van der Waals surface area contributed by atoms with Crippen LogP contribution in [0.1, 0.15) is 41.6 Å². The second-order valence-electron chi connectivity index (χ2n) is 7.42. The van der Waals surface area contributed by atoms with Gasteiger partial charge in [-0.2, -0.15) is 0 Å². The number of carbonyl (C=O) groups is 2. The summed E-state index contributed by atoms with van der Waals surface area (Å²) in [6.07, 6.45) is 1.56. The van der Waals surface area contributed by atoms with E-state index < -0.39 is 0 Å². The van der Waals surface area contributed by atoms with Gasteiger partial charge in [-0.15, -0.1) is 0 Å². The van der Waals surface area contributed by atoms with Crippen molar-refractivity contribution in [2.24, 2.45) is 0 Å². The van der Waals surface area contributed by atoms with E-state index in [2.05, 4.69) is 4.90 Å². The van der Waals surface area contributed by atoms with Crippen LogP contribution in [0.2, 0.25) is 0 Å². The third-order valence-corrected chi connectivity index (χ3v) is 5.26. The highest BCUT2D eigenvalue weighted by Gasteiger charge is 2.27. The van der Waals surface area contributed by atoms with E-state index in [-0.39, 0.29) is 18.1 Å². The number of rotatable bonds is 4. The lowest BCUT2D eigenvalue weighted by atomic mass is 10.1. The molecule has 0 N–H and O–H groups in total. The third-order valence-electron chi connectivity index (χ3n) is 5.26. The fraction of sp³-hybridized carbons (Fsp3) is 0.364. The maximum absolute atomic E-state index is 13.1. The first kappa shape index (κ1) is 19.1. The Hall–Kier alpha value is -3.22. The lowest BCUT2D eigenvalue weighted by Crippen LogP contribution is -2.32. The zero-order valence-corrected chi connectivity index (χ0v) is 16.9. The molecular formula is C22H24N4O3. The molecule has 0 fully saturated rings. The molecule has 0 unspecified atom stereocenters. The van der Waals surface area contributed by atoms with E-state index in [1.54, 1.807) is 17.9 Å². The molecule has 0 radical (unpaired) electrons. The number of carbonyl (C=O) groups excluding carboxylic acids is 2. The summed E-state index contributed by atoms with van der Waals surface area (Å²) in [6, 6.07) is 9.43. The van der Waals surface area contributed by atoms with Crippen molar-refractivity contribution in [2.45, 2.75) is 33.1 Å². The van der Waals surface area contributed by atoms with E-state index in [0.717, 1.165) is 29.8 Å². The molecule has 0 aliphatic carbocycles. The molecule has 0 saturated heterocycles. The highest BCUT2D eigenvalue weighted by molar-refractivity contribution is 5.97. The summed E-state index contributed by atoms with van der Waals surface area (Å²) < 4.78 is 5.65. The van der Waals surface area contributed by atoms with E-state index in [1.807, 2.05) is 31.3 Å². The number of Topliss-reactive ketones (excluding diaryl/α,β-unsaturated/α-hetero) is 1. The molecule has 0 spiro atoms. The minimum Gasteiger partial charge on any atom is -0.466 e. The summed E-state index contributed by atoms with van der Waals surface area (Å²) in [4.78, 5) is 38.0. The maximum atomic E-state index is 13.1. The summed E-state index contributed by atoms with van der Waals surface area (Å²) in [7, 11) is 1.98. The second kappa shape index (κ2) is 7.66. The Bertz CT molecular complexity index is 1090. The number of hydrogen-bond acceptors (Lipinski definition) is 6. The highest BCUT2D eigenvalue weighted by Crippen LogP contribution is 2.30. The molecule has 2 aromatic heterocycles. The molecule has 0 atom stereocenters. The van der Waals surface area contributed by atoms with Crippen molar-refractivity contribution in [3.05, 3.63) is 47.4 Å². The topological polar surface area (TPSA) is 79.5 Å². The summed E-state index contributed by atoms with van der Waals surface area (Å²) in [6.45, 7) is 4.69. The first-order valence-corrected chi connectivity index (χ1v) is 9.82. The molecule has 1 aromatic carbocycles. The first-order valence-electron chi connectivity index (χ1n) is 9.82.